The molecule has 9 nitrogen and oxygen atoms in total. The van der Waals surface area contributed by atoms with Gasteiger partial charge in [0.15, 0.2) is 12.1 Å². The molecule has 0 radical (unpaired) electrons. The molecule has 0 aromatic heterocycles. The van der Waals surface area contributed by atoms with Crippen LogP contribution < -0.4 is 4.74 Å². The lowest BCUT2D eigenvalue weighted by atomic mass is 9.87. The number of hydrogen-bond donors (Lipinski definition) is 0. The molecule has 1 aliphatic rings. The van der Waals surface area contributed by atoms with Crippen molar-refractivity contribution < 1.29 is 37.4 Å². The molecule has 0 bridgehead atoms. The predicted molar refractivity (Wildman–Crippen MR) is 134 cm³/mol. The second-order valence-electron chi connectivity index (χ2n) is 8.43. The Morgan fingerprint density at radius 3 is 2.11 bits per heavy atom. The minimum Gasteiger partial charge on any atom is -0.410 e. The average molecular weight is 520 g/mol. The first kappa shape index (κ1) is 28.0. The van der Waals surface area contributed by atoms with Gasteiger partial charge in [-0.2, -0.15) is 0 Å². The average Bonchev–Trinajstić information content (AvgIpc) is 2.91. The number of benzene rings is 2. The van der Waals surface area contributed by atoms with Crippen molar-refractivity contribution in [3.05, 3.63) is 66.2 Å². The highest BCUT2D eigenvalue weighted by atomic mass is 31.2. The van der Waals surface area contributed by atoms with Crippen molar-refractivity contribution >= 4 is 19.5 Å². The molecule has 1 amide bonds. The lowest BCUT2D eigenvalue weighted by Crippen LogP contribution is -2.57. The van der Waals surface area contributed by atoms with E-state index < -0.39 is 37.7 Å². The number of piperidine rings is 1. The number of ether oxygens (including phenoxy) is 3. The monoisotopic (exact) mass is 519 g/mol. The van der Waals surface area contributed by atoms with Crippen molar-refractivity contribution in [3.8, 4) is 5.75 Å². The van der Waals surface area contributed by atoms with E-state index in [1.54, 1.807) is 38.5 Å². The summed E-state index contributed by atoms with van der Waals surface area (Å²) >= 11 is 0. The molecule has 3 rings (SSSR count). The Morgan fingerprint density at radius 2 is 1.56 bits per heavy atom. The molecule has 10 heteroatoms. The van der Waals surface area contributed by atoms with Crippen LogP contribution in [0, 0.1) is 0 Å². The second-order valence-corrected chi connectivity index (χ2v) is 10.8. The van der Waals surface area contributed by atoms with Crippen LogP contribution in [-0.2, 0) is 27.9 Å². The number of hydrogen-bond acceptors (Lipinski definition) is 8. The van der Waals surface area contributed by atoms with E-state index in [4.69, 9.17) is 23.3 Å². The van der Waals surface area contributed by atoms with Crippen molar-refractivity contribution in [2.24, 2.45) is 0 Å². The van der Waals surface area contributed by atoms with Crippen LogP contribution in [0.4, 0.5) is 4.79 Å². The van der Waals surface area contributed by atoms with Gasteiger partial charge in [0.05, 0.1) is 12.1 Å². The van der Waals surface area contributed by atoms with Crippen LogP contribution in [0.15, 0.2) is 60.7 Å². The van der Waals surface area contributed by atoms with Gasteiger partial charge in [-0.05, 0) is 37.0 Å². The number of Topliss-reactive ketones (excluding diaryl/α,β-unsaturated/α-hetero) is 1. The maximum atomic E-state index is 13.7. The SMILES string of the molecule is COC(CCC[C@@H]1C(P(=O)(OC)OC)C(=O)C[C@@H](c2ccccc2)N1C(=O)Oc1ccccc1)OC. The van der Waals surface area contributed by atoms with Gasteiger partial charge in [0.25, 0.3) is 0 Å². The zero-order valence-corrected chi connectivity index (χ0v) is 22.0. The molecule has 2 aromatic rings. The van der Waals surface area contributed by atoms with Gasteiger partial charge in [-0.25, -0.2) is 4.79 Å². The van der Waals surface area contributed by atoms with Crippen LogP contribution in [0.3, 0.4) is 0 Å². The van der Waals surface area contributed by atoms with Gasteiger partial charge in [-0.3, -0.25) is 14.3 Å². The third-order valence-corrected chi connectivity index (χ3v) is 8.77. The van der Waals surface area contributed by atoms with E-state index in [2.05, 4.69) is 0 Å². The van der Waals surface area contributed by atoms with Gasteiger partial charge in [0.1, 0.15) is 11.4 Å². The standard InChI is InChI=1S/C26H34NO8P/c1-31-24(32-2)17-11-16-21-25(36(30,33-3)34-4)23(28)18-22(19-12-7-5-8-13-19)27(21)26(29)35-20-14-9-6-10-15-20/h5-10,12-15,21-22,24-25H,11,16-18H2,1-4H3/t21-,22+,25?/m1/s1. The molecule has 0 aliphatic carbocycles. The lowest BCUT2D eigenvalue weighted by Gasteiger charge is -2.46. The molecule has 0 N–H and O–H groups in total. The Hall–Kier alpha value is -2.55. The Bertz CT molecular complexity index is 1020. The molecule has 1 heterocycles. The van der Waals surface area contributed by atoms with Crippen LogP contribution in [0.1, 0.15) is 37.3 Å². The fraction of sp³-hybridized carbons (Fsp3) is 0.462. The number of carbonyl (C=O) groups is 2. The summed E-state index contributed by atoms with van der Waals surface area (Å²) in [5, 5.41) is 0. The van der Waals surface area contributed by atoms with Crippen molar-refractivity contribution in [1.82, 2.24) is 4.90 Å². The Kier molecular flexibility index (Phi) is 10.2. The number of carbonyl (C=O) groups excluding carboxylic acids is 2. The summed E-state index contributed by atoms with van der Waals surface area (Å²) in [5.41, 5.74) is -0.394. The van der Waals surface area contributed by atoms with E-state index in [0.717, 1.165) is 5.56 Å². The lowest BCUT2D eigenvalue weighted by molar-refractivity contribution is -0.125. The number of methoxy groups -OCH3 is 2. The summed E-state index contributed by atoms with van der Waals surface area (Å²) in [6.07, 6.45) is 0.200. The van der Waals surface area contributed by atoms with E-state index in [1.165, 1.54) is 19.1 Å². The first-order valence-corrected chi connectivity index (χ1v) is 13.4. The topological polar surface area (TPSA) is 101 Å². The van der Waals surface area contributed by atoms with Crippen molar-refractivity contribution in [3.63, 3.8) is 0 Å². The summed E-state index contributed by atoms with van der Waals surface area (Å²) in [4.78, 5) is 28.7. The molecular formula is C26H34NO8P. The maximum absolute atomic E-state index is 13.7. The molecule has 1 saturated heterocycles. The molecule has 1 aliphatic heterocycles. The van der Waals surface area contributed by atoms with Crippen LogP contribution in [0.5, 0.6) is 5.75 Å². The van der Waals surface area contributed by atoms with Gasteiger partial charge in [-0.15, -0.1) is 0 Å². The minimum absolute atomic E-state index is 0.0510. The molecule has 3 atom stereocenters. The van der Waals surface area contributed by atoms with Gasteiger partial charge < -0.3 is 23.3 Å². The number of nitrogens with zero attached hydrogens (tertiary/aromatic N) is 1. The summed E-state index contributed by atoms with van der Waals surface area (Å²) in [6.45, 7) is 0. The van der Waals surface area contributed by atoms with E-state index in [9.17, 15) is 14.2 Å². The molecule has 2 aromatic carbocycles. The quantitative estimate of drug-likeness (QED) is 0.295. The molecule has 1 unspecified atom stereocenters. The number of para-hydroxylation sites is 1. The smallest absolute Gasteiger partial charge is 0.410 e. The highest BCUT2D eigenvalue weighted by Gasteiger charge is 2.54. The van der Waals surface area contributed by atoms with Crippen LogP contribution in [0.25, 0.3) is 0 Å². The largest absolute Gasteiger partial charge is 0.416 e. The highest BCUT2D eigenvalue weighted by molar-refractivity contribution is 7.55. The minimum atomic E-state index is -3.89. The first-order valence-electron chi connectivity index (χ1n) is 11.8. The second kappa shape index (κ2) is 13.1. The van der Waals surface area contributed by atoms with Crippen LogP contribution in [0.2, 0.25) is 0 Å². The summed E-state index contributed by atoms with van der Waals surface area (Å²) in [6, 6.07) is 16.5. The van der Waals surface area contributed by atoms with E-state index in [-0.39, 0.29) is 12.2 Å². The van der Waals surface area contributed by atoms with E-state index >= 15 is 0 Å². The number of ketones is 1. The number of likely N-dealkylation sites (tertiary alicyclic amines) is 1. The van der Waals surface area contributed by atoms with Gasteiger partial charge in [-0.1, -0.05) is 48.5 Å². The molecular weight excluding hydrogens is 485 g/mol. The number of rotatable bonds is 11. The number of amides is 1. The first-order chi connectivity index (χ1) is 17.4. The van der Waals surface area contributed by atoms with Crippen molar-refractivity contribution in [2.75, 3.05) is 28.4 Å². The van der Waals surface area contributed by atoms with Crippen molar-refractivity contribution in [1.29, 1.82) is 0 Å². The third-order valence-electron chi connectivity index (χ3n) is 6.44. The molecule has 196 valence electrons. The van der Waals surface area contributed by atoms with Crippen LogP contribution in [-0.4, -0.2) is 63.2 Å². The van der Waals surface area contributed by atoms with E-state index in [1.807, 2.05) is 36.4 Å². The molecule has 1 fully saturated rings. The highest BCUT2D eigenvalue weighted by Crippen LogP contribution is 2.57. The zero-order chi connectivity index (χ0) is 26.1. The Labute approximate surface area is 212 Å². The van der Waals surface area contributed by atoms with Gasteiger partial charge in [0.2, 0.25) is 0 Å². The van der Waals surface area contributed by atoms with Gasteiger partial charge >= 0.3 is 13.7 Å². The normalized spacial score (nSPS) is 20.5. The van der Waals surface area contributed by atoms with Gasteiger partial charge in [0, 0.05) is 34.9 Å². The predicted octanol–water partition coefficient (Wildman–Crippen LogP) is 5.21. The summed E-state index contributed by atoms with van der Waals surface area (Å²) in [7, 11) is 1.69. The van der Waals surface area contributed by atoms with Crippen LogP contribution >= 0.6 is 7.60 Å². The molecule has 0 spiro atoms. The Balaban J connectivity index is 2.05. The maximum Gasteiger partial charge on any atom is 0.416 e. The third kappa shape index (κ3) is 6.41. The van der Waals surface area contributed by atoms with E-state index in [0.29, 0.717) is 25.0 Å². The Morgan fingerprint density at radius 1 is 0.972 bits per heavy atom. The zero-order valence-electron chi connectivity index (χ0n) is 21.1. The summed E-state index contributed by atoms with van der Waals surface area (Å²) < 4.78 is 40.5. The fourth-order valence-electron chi connectivity index (χ4n) is 4.68. The summed E-state index contributed by atoms with van der Waals surface area (Å²) in [5.74, 6) is 0.0710. The molecule has 36 heavy (non-hydrogen) atoms. The molecule has 0 saturated carbocycles. The fourth-order valence-corrected chi connectivity index (χ4v) is 6.45. The van der Waals surface area contributed by atoms with Crippen molar-refractivity contribution in [2.45, 2.75) is 49.7 Å².